The van der Waals surface area contributed by atoms with E-state index >= 15 is 0 Å². The normalized spacial score (nSPS) is 26.5. The number of amides is 1. The molecule has 1 N–H and O–H groups in total. The van der Waals surface area contributed by atoms with E-state index in [2.05, 4.69) is 11.4 Å². The van der Waals surface area contributed by atoms with Crippen molar-refractivity contribution in [3.8, 4) is 6.07 Å². The Morgan fingerprint density at radius 3 is 2.51 bits per heavy atom. The molecular weight excluding hydrogens is 475 g/mol. The zero-order valence-corrected chi connectivity index (χ0v) is 21.8. The Morgan fingerprint density at radius 1 is 1.11 bits per heavy atom. The van der Waals surface area contributed by atoms with Gasteiger partial charge in [-0.3, -0.25) is 4.79 Å². The molecule has 1 saturated carbocycles. The average molecular weight is 511 g/mol. The summed E-state index contributed by atoms with van der Waals surface area (Å²) in [5.74, 6) is -1.24. The summed E-state index contributed by atoms with van der Waals surface area (Å²) in [4.78, 5) is 13.7. The van der Waals surface area contributed by atoms with Crippen LogP contribution in [0.5, 0.6) is 0 Å². The number of rotatable bonds is 9. The molecule has 8 heteroatoms. The molecule has 7 nitrogen and oxygen atoms in total. The highest BCUT2D eigenvalue weighted by Crippen LogP contribution is 2.44. The number of carbonyl (C=O) groups excluding carboxylic acids is 1. The van der Waals surface area contributed by atoms with Gasteiger partial charge >= 0.3 is 0 Å². The van der Waals surface area contributed by atoms with Crippen molar-refractivity contribution in [1.29, 1.82) is 5.26 Å². The van der Waals surface area contributed by atoms with Crippen molar-refractivity contribution in [2.75, 3.05) is 6.54 Å². The Labute approximate surface area is 217 Å². The molecule has 2 aromatic carbocycles. The van der Waals surface area contributed by atoms with E-state index < -0.39 is 29.7 Å². The first-order valence-electron chi connectivity index (χ1n) is 12.7. The number of nitriles is 1. The van der Waals surface area contributed by atoms with Crippen LogP contribution in [0.4, 0.5) is 4.39 Å². The molecule has 198 valence electrons. The maximum absolute atomic E-state index is 14.3. The second kappa shape index (κ2) is 11.3. The molecule has 2 aromatic rings. The minimum atomic E-state index is -1.29. The largest absolute Gasteiger partial charge is 0.370 e. The van der Waals surface area contributed by atoms with Gasteiger partial charge < -0.3 is 24.3 Å². The summed E-state index contributed by atoms with van der Waals surface area (Å²) < 4.78 is 39.4. The minimum absolute atomic E-state index is 0.0192. The average Bonchev–Trinajstić information content (AvgIpc) is 3.19. The van der Waals surface area contributed by atoms with Crippen molar-refractivity contribution in [3.05, 3.63) is 71.0 Å². The SMILES string of the molecule is CC(C)CNC(=O)[C@@]1(OCc2ccccc2C#N)C[C@@H](OCc2ccccc2F)[C@@H]2OC(C)(C)O[C@@H]2C1. The molecule has 2 fully saturated rings. The van der Waals surface area contributed by atoms with Gasteiger partial charge in [0.05, 0.1) is 37.1 Å². The third-order valence-electron chi connectivity index (χ3n) is 6.79. The summed E-state index contributed by atoms with van der Waals surface area (Å²) >= 11 is 0. The predicted octanol–water partition coefficient (Wildman–Crippen LogP) is 4.62. The van der Waals surface area contributed by atoms with Crippen molar-refractivity contribution in [2.45, 2.75) is 83.5 Å². The van der Waals surface area contributed by atoms with Crippen LogP contribution in [0.25, 0.3) is 0 Å². The van der Waals surface area contributed by atoms with Gasteiger partial charge in [0.1, 0.15) is 11.9 Å². The number of ether oxygens (including phenoxy) is 4. The van der Waals surface area contributed by atoms with E-state index in [1.807, 2.05) is 39.8 Å². The molecule has 2 aliphatic rings. The lowest BCUT2D eigenvalue weighted by Crippen LogP contribution is -2.60. The standard InChI is InChI=1S/C29H35FN2O5/c1-19(2)16-32-27(33)29(35-18-21-10-6-5-9-20(21)15-31)13-24(26-25(14-29)36-28(3,4)37-26)34-17-22-11-7-8-12-23(22)30/h5-12,19,24-26H,13-14,16-18H2,1-4H3,(H,32,33)/t24-,25-,26+,29-/m1/s1. The summed E-state index contributed by atoms with van der Waals surface area (Å²) in [5.41, 5.74) is 0.308. The molecule has 1 aliphatic carbocycles. The molecular formula is C29H35FN2O5. The van der Waals surface area contributed by atoms with Crippen LogP contribution in [0.2, 0.25) is 0 Å². The Morgan fingerprint density at radius 2 is 1.81 bits per heavy atom. The summed E-state index contributed by atoms with van der Waals surface area (Å²) in [6, 6.07) is 15.8. The highest BCUT2D eigenvalue weighted by Gasteiger charge is 2.58. The van der Waals surface area contributed by atoms with Crippen LogP contribution in [-0.4, -0.2) is 42.2 Å². The molecule has 0 radical (unpaired) electrons. The quantitative estimate of drug-likeness (QED) is 0.529. The number of benzene rings is 2. The summed E-state index contributed by atoms with van der Waals surface area (Å²) in [7, 11) is 0. The van der Waals surface area contributed by atoms with Crippen molar-refractivity contribution < 1.29 is 28.1 Å². The smallest absolute Gasteiger partial charge is 0.252 e. The van der Waals surface area contributed by atoms with Crippen LogP contribution in [0, 0.1) is 23.1 Å². The van der Waals surface area contributed by atoms with Crippen LogP contribution in [-0.2, 0) is 37.0 Å². The summed E-state index contributed by atoms with van der Waals surface area (Å²) in [5, 5.41) is 12.5. The minimum Gasteiger partial charge on any atom is -0.370 e. The fourth-order valence-electron chi connectivity index (χ4n) is 4.95. The number of carbonyl (C=O) groups is 1. The highest BCUT2D eigenvalue weighted by atomic mass is 19.1. The molecule has 0 bridgehead atoms. The van der Waals surface area contributed by atoms with Gasteiger partial charge in [0.2, 0.25) is 0 Å². The van der Waals surface area contributed by atoms with Crippen LogP contribution in [0.1, 0.15) is 57.2 Å². The number of nitrogens with one attached hydrogen (secondary N) is 1. The van der Waals surface area contributed by atoms with Gasteiger partial charge in [-0.1, -0.05) is 50.2 Å². The van der Waals surface area contributed by atoms with Crippen molar-refractivity contribution in [2.24, 2.45) is 5.92 Å². The number of hydrogen-bond acceptors (Lipinski definition) is 6. The van der Waals surface area contributed by atoms with Crippen molar-refractivity contribution >= 4 is 5.91 Å². The van der Waals surface area contributed by atoms with E-state index in [-0.39, 0.29) is 43.7 Å². The fraction of sp³-hybridized carbons (Fsp3) is 0.517. The Hall–Kier alpha value is -2.83. The Balaban J connectivity index is 1.63. The lowest BCUT2D eigenvalue weighted by molar-refractivity contribution is -0.183. The second-order valence-corrected chi connectivity index (χ2v) is 10.6. The Bertz CT molecular complexity index is 1150. The van der Waals surface area contributed by atoms with Gasteiger partial charge in [0.15, 0.2) is 11.4 Å². The van der Waals surface area contributed by atoms with E-state index in [1.54, 1.807) is 30.3 Å². The zero-order chi connectivity index (χ0) is 26.6. The second-order valence-electron chi connectivity index (χ2n) is 10.6. The molecule has 4 atom stereocenters. The van der Waals surface area contributed by atoms with E-state index in [9.17, 15) is 14.4 Å². The monoisotopic (exact) mass is 510 g/mol. The molecule has 1 heterocycles. The fourth-order valence-corrected chi connectivity index (χ4v) is 4.95. The summed E-state index contributed by atoms with van der Waals surface area (Å²) in [6.07, 6.45) is -1.04. The first-order valence-corrected chi connectivity index (χ1v) is 12.7. The number of hydrogen-bond donors (Lipinski definition) is 1. The lowest BCUT2D eigenvalue weighted by atomic mass is 9.78. The van der Waals surface area contributed by atoms with E-state index in [0.29, 0.717) is 23.2 Å². The van der Waals surface area contributed by atoms with E-state index in [1.165, 1.54) is 6.07 Å². The third-order valence-corrected chi connectivity index (χ3v) is 6.79. The third kappa shape index (κ3) is 6.36. The van der Waals surface area contributed by atoms with Crippen molar-refractivity contribution in [3.63, 3.8) is 0 Å². The Kier molecular flexibility index (Phi) is 8.29. The van der Waals surface area contributed by atoms with Crippen LogP contribution in [0.3, 0.4) is 0 Å². The highest BCUT2D eigenvalue weighted by molar-refractivity contribution is 5.85. The van der Waals surface area contributed by atoms with Gasteiger partial charge in [-0.25, -0.2) is 4.39 Å². The molecule has 1 amide bonds. The molecule has 1 aliphatic heterocycles. The van der Waals surface area contributed by atoms with Gasteiger partial charge in [0.25, 0.3) is 5.91 Å². The molecule has 1 saturated heterocycles. The maximum atomic E-state index is 14.3. The lowest BCUT2D eigenvalue weighted by Gasteiger charge is -2.43. The van der Waals surface area contributed by atoms with Gasteiger partial charge in [-0.05, 0) is 37.5 Å². The number of fused-ring (bicyclic) bond motifs is 1. The molecule has 0 unspecified atom stereocenters. The summed E-state index contributed by atoms with van der Waals surface area (Å²) in [6.45, 7) is 8.26. The molecule has 37 heavy (non-hydrogen) atoms. The zero-order valence-electron chi connectivity index (χ0n) is 21.8. The van der Waals surface area contributed by atoms with Gasteiger partial charge in [-0.15, -0.1) is 0 Å². The van der Waals surface area contributed by atoms with Crippen LogP contribution in [0.15, 0.2) is 48.5 Å². The van der Waals surface area contributed by atoms with Crippen LogP contribution >= 0.6 is 0 Å². The van der Waals surface area contributed by atoms with Gasteiger partial charge in [-0.2, -0.15) is 5.26 Å². The van der Waals surface area contributed by atoms with Crippen molar-refractivity contribution in [1.82, 2.24) is 5.32 Å². The molecule has 4 rings (SSSR count). The molecule has 0 spiro atoms. The number of nitrogens with zero attached hydrogens (tertiary/aromatic N) is 1. The van der Waals surface area contributed by atoms with Gasteiger partial charge in [0, 0.05) is 24.9 Å². The first kappa shape index (κ1) is 27.2. The number of halogens is 1. The first-order chi connectivity index (χ1) is 17.6. The van der Waals surface area contributed by atoms with E-state index in [4.69, 9.17) is 18.9 Å². The molecule has 0 aromatic heterocycles. The topological polar surface area (TPSA) is 89.8 Å². The maximum Gasteiger partial charge on any atom is 0.252 e. The predicted molar refractivity (Wildman–Crippen MR) is 135 cm³/mol. The van der Waals surface area contributed by atoms with Crippen LogP contribution < -0.4 is 5.32 Å². The van der Waals surface area contributed by atoms with E-state index in [0.717, 1.165) is 0 Å².